The van der Waals surface area contributed by atoms with Gasteiger partial charge in [0.15, 0.2) is 0 Å². The van der Waals surface area contributed by atoms with Crippen LogP contribution in [0, 0.1) is 6.92 Å². The van der Waals surface area contributed by atoms with E-state index in [1.807, 2.05) is 31.2 Å². The standard InChI is InChI=1S/C10H9ClN2O/c1-7-3-2-4-8(5-7)10-13-12-9(6-11)14-10/h2-5H,6H2,1H3. The summed E-state index contributed by atoms with van der Waals surface area (Å²) in [6, 6.07) is 7.89. The Morgan fingerprint density at radius 1 is 1.36 bits per heavy atom. The van der Waals surface area contributed by atoms with Crippen molar-refractivity contribution in [3.05, 3.63) is 35.7 Å². The van der Waals surface area contributed by atoms with Gasteiger partial charge in [-0.15, -0.1) is 21.8 Å². The second-order valence-electron chi connectivity index (χ2n) is 3.00. The Balaban J connectivity index is 2.39. The van der Waals surface area contributed by atoms with Gasteiger partial charge in [-0.1, -0.05) is 17.7 Å². The molecule has 0 saturated carbocycles. The molecule has 0 N–H and O–H groups in total. The number of aromatic nitrogens is 2. The van der Waals surface area contributed by atoms with Crippen molar-refractivity contribution in [3.8, 4) is 11.5 Å². The third kappa shape index (κ3) is 1.77. The number of alkyl halides is 1. The van der Waals surface area contributed by atoms with Crippen molar-refractivity contribution >= 4 is 11.6 Å². The molecule has 1 aromatic heterocycles. The fraction of sp³-hybridized carbons (Fsp3) is 0.200. The lowest BCUT2D eigenvalue weighted by Crippen LogP contribution is -1.78. The monoisotopic (exact) mass is 208 g/mol. The van der Waals surface area contributed by atoms with Crippen molar-refractivity contribution < 1.29 is 4.42 Å². The van der Waals surface area contributed by atoms with Crippen LogP contribution in [0.2, 0.25) is 0 Å². The molecule has 2 aromatic rings. The van der Waals surface area contributed by atoms with E-state index in [0.717, 1.165) is 11.1 Å². The summed E-state index contributed by atoms with van der Waals surface area (Å²) in [5.41, 5.74) is 2.09. The van der Waals surface area contributed by atoms with Gasteiger partial charge in [0.1, 0.15) is 5.88 Å². The summed E-state index contributed by atoms with van der Waals surface area (Å²) < 4.78 is 5.32. The number of rotatable bonds is 2. The summed E-state index contributed by atoms with van der Waals surface area (Å²) >= 11 is 5.56. The highest BCUT2D eigenvalue weighted by atomic mass is 35.5. The first-order chi connectivity index (χ1) is 6.79. The first kappa shape index (κ1) is 9.21. The third-order valence-electron chi connectivity index (χ3n) is 1.85. The molecule has 0 amide bonds. The lowest BCUT2D eigenvalue weighted by atomic mass is 10.1. The number of hydrogen-bond donors (Lipinski definition) is 0. The quantitative estimate of drug-likeness (QED) is 0.713. The van der Waals surface area contributed by atoms with Gasteiger partial charge >= 0.3 is 0 Å². The molecule has 0 aliphatic carbocycles. The molecule has 14 heavy (non-hydrogen) atoms. The highest BCUT2D eigenvalue weighted by Crippen LogP contribution is 2.19. The van der Waals surface area contributed by atoms with Crippen molar-refractivity contribution in [2.75, 3.05) is 0 Å². The van der Waals surface area contributed by atoms with Crippen molar-refractivity contribution in [3.63, 3.8) is 0 Å². The summed E-state index contributed by atoms with van der Waals surface area (Å²) in [6.45, 7) is 2.02. The molecule has 0 aliphatic heterocycles. The molecule has 0 fully saturated rings. The van der Waals surface area contributed by atoms with E-state index in [0.29, 0.717) is 11.8 Å². The van der Waals surface area contributed by atoms with E-state index in [4.69, 9.17) is 16.0 Å². The minimum Gasteiger partial charge on any atom is -0.419 e. The lowest BCUT2D eigenvalue weighted by molar-refractivity contribution is 0.527. The van der Waals surface area contributed by atoms with Crippen molar-refractivity contribution in [1.29, 1.82) is 0 Å². The number of nitrogens with zero attached hydrogens (tertiary/aromatic N) is 2. The Morgan fingerprint density at radius 3 is 2.86 bits per heavy atom. The van der Waals surface area contributed by atoms with Gasteiger partial charge in [-0.05, 0) is 19.1 Å². The zero-order valence-electron chi connectivity index (χ0n) is 7.70. The number of benzene rings is 1. The molecule has 0 bridgehead atoms. The van der Waals surface area contributed by atoms with Crippen LogP contribution in [0.25, 0.3) is 11.5 Å². The first-order valence-electron chi connectivity index (χ1n) is 4.25. The molecular weight excluding hydrogens is 200 g/mol. The van der Waals surface area contributed by atoms with Gasteiger partial charge in [0.25, 0.3) is 0 Å². The van der Waals surface area contributed by atoms with Crippen molar-refractivity contribution in [2.45, 2.75) is 12.8 Å². The van der Waals surface area contributed by atoms with Crippen LogP contribution in [0.15, 0.2) is 28.7 Å². The molecule has 0 spiro atoms. The predicted molar refractivity (Wildman–Crippen MR) is 54.0 cm³/mol. The summed E-state index contributed by atoms with van der Waals surface area (Å²) in [6.07, 6.45) is 0. The van der Waals surface area contributed by atoms with E-state index in [2.05, 4.69) is 10.2 Å². The normalized spacial score (nSPS) is 10.4. The summed E-state index contributed by atoms with van der Waals surface area (Å²) in [4.78, 5) is 0. The second-order valence-corrected chi connectivity index (χ2v) is 3.27. The van der Waals surface area contributed by atoms with E-state index in [1.165, 1.54) is 0 Å². The fourth-order valence-corrected chi connectivity index (χ4v) is 1.31. The molecule has 0 saturated heterocycles. The van der Waals surface area contributed by atoms with Gasteiger partial charge in [0.05, 0.1) is 0 Å². The highest BCUT2D eigenvalue weighted by Gasteiger charge is 2.06. The molecule has 0 unspecified atom stereocenters. The predicted octanol–water partition coefficient (Wildman–Crippen LogP) is 2.78. The first-order valence-corrected chi connectivity index (χ1v) is 4.78. The van der Waals surface area contributed by atoms with E-state index in [-0.39, 0.29) is 5.88 Å². The van der Waals surface area contributed by atoms with Gasteiger partial charge in [0.2, 0.25) is 11.8 Å². The van der Waals surface area contributed by atoms with Crippen LogP contribution < -0.4 is 0 Å². The molecule has 1 aromatic carbocycles. The topological polar surface area (TPSA) is 38.9 Å². The summed E-state index contributed by atoms with van der Waals surface area (Å²) in [5, 5.41) is 7.69. The maximum Gasteiger partial charge on any atom is 0.247 e. The van der Waals surface area contributed by atoms with Crippen molar-refractivity contribution in [2.24, 2.45) is 0 Å². The van der Waals surface area contributed by atoms with Crippen LogP contribution in [0.4, 0.5) is 0 Å². The Kier molecular flexibility index (Phi) is 2.50. The molecule has 0 atom stereocenters. The van der Waals surface area contributed by atoms with Gasteiger partial charge < -0.3 is 4.42 Å². The maximum absolute atomic E-state index is 5.56. The number of hydrogen-bond acceptors (Lipinski definition) is 3. The van der Waals surface area contributed by atoms with E-state index in [9.17, 15) is 0 Å². The minimum atomic E-state index is 0.249. The Bertz CT molecular complexity index is 439. The zero-order chi connectivity index (χ0) is 9.97. The highest BCUT2D eigenvalue weighted by molar-refractivity contribution is 6.16. The largest absolute Gasteiger partial charge is 0.419 e. The molecular formula is C10H9ClN2O. The van der Waals surface area contributed by atoms with Gasteiger partial charge in [0, 0.05) is 5.56 Å². The van der Waals surface area contributed by atoms with Gasteiger partial charge in [-0.2, -0.15) is 0 Å². The maximum atomic E-state index is 5.56. The summed E-state index contributed by atoms with van der Waals surface area (Å²) in [5.74, 6) is 1.21. The zero-order valence-corrected chi connectivity index (χ0v) is 8.45. The van der Waals surface area contributed by atoms with E-state index < -0.39 is 0 Å². The summed E-state index contributed by atoms with van der Waals surface area (Å²) in [7, 11) is 0. The smallest absolute Gasteiger partial charge is 0.247 e. The molecule has 1 heterocycles. The molecule has 0 aliphatic rings. The Hall–Kier alpha value is -1.35. The SMILES string of the molecule is Cc1cccc(-c2nnc(CCl)o2)c1. The Labute approximate surface area is 86.7 Å². The van der Waals surface area contributed by atoms with Crippen LogP contribution in [0.3, 0.4) is 0 Å². The Morgan fingerprint density at radius 2 is 2.21 bits per heavy atom. The number of halogens is 1. The average Bonchev–Trinajstić information content (AvgIpc) is 2.66. The lowest BCUT2D eigenvalue weighted by Gasteiger charge is -1.95. The third-order valence-corrected chi connectivity index (χ3v) is 2.07. The van der Waals surface area contributed by atoms with Gasteiger partial charge in [-0.3, -0.25) is 0 Å². The van der Waals surface area contributed by atoms with Crippen molar-refractivity contribution in [1.82, 2.24) is 10.2 Å². The average molecular weight is 209 g/mol. The van der Waals surface area contributed by atoms with Crippen LogP contribution >= 0.6 is 11.6 Å². The van der Waals surface area contributed by atoms with E-state index in [1.54, 1.807) is 0 Å². The van der Waals surface area contributed by atoms with Crippen LogP contribution in [-0.2, 0) is 5.88 Å². The van der Waals surface area contributed by atoms with Crippen LogP contribution in [0.5, 0.6) is 0 Å². The molecule has 2 rings (SSSR count). The minimum absolute atomic E-state index is 0.249. The van der Waals surface area contributed by atoms with E-state index >= 15 is 0 Å². The molecule has 3 nitrogen and oxygen atoms in total. The van der Waals surface area contributed by atoms with Gasteiger partial charge in [-0.25, -0.2) is 0 Å². The molecule has 4 heteroatoms. The molecule has 0 radical (unpaired) electrons. The fourth-order valence-electron chi connectivity index (χ4n) is 1.20. The second kappa shape index (κ2) is 3.80. The van der Waals surface area contributed by atoms with Crippen LogP contribution in [-0.4, -0.2) is 10.2 Å². The number of aryl methyl sites for hydroxylation is 1. The van der Waals surface area contributed by atoms with Crippen LogP contribution in [0.1, 0.15) is 11.5 Å². The molecule has 72 valence electrons.